The Balaban J connectivity index is 2.01. The van der Waals surface area contributed by atoms with E-state index in [0.29, 0.717) is 13.0 Å². The average molecular weight is 279 g/mol. The second-order valence-electron chi connectivity index (χ2n) is 6.09. The van der Waals surface area contributed by atoms with E-state index < -0.39 is 11.7 Å². The number of hydrogen-bond donors (Lipinski definition) is 0. The highest BCUT2D eigenvalue weighted by atomic mass is 16.6. The van der Waals surface area contributed by atoms with Gasteiger partial charge in [-0.2, -0.15) is 0 Å². The highest BCUT2D eigenvalue weighted by Crippen LogP contribution is 2.24. The number of amides is 2. The third-order valence-electron chi connectivity index (χ3n) is 3.19. The van der Waals surface area contributed by atoms with Crippen LogP contribution in [0.2, 0.25) is 0 Å². The molecule has 0 aromatic carbocycles. The molecule has 110 valence electrons. The Labute approximate surface area is 118 Å². The maximum Gasteiger partial charge on any atom is 0.417 e. The van der Waals surface area contributed by atoms with Crippen molar-refractivity contribution < 1.29 is 18.7 Å². The Morgan fingerprint density at radius 2 is 2.25 bits per heavy atom. The molecule has 1 saturated heterocycles. The molecule has 0 spiro atoms. The average Bonchev–Trinajstić information content (AvgIpc) is 2.82. The Hall–Kier alpha value is -1.78. The fraction of sp³-hybridized carbons (Fsp3) is 0.600. The third kappa shape index (κ3) is 3.62. The first kappa shape index (κ1) is 14.6. The maximum absolute atomic E-state index is 12.4. The van der Waals surface area contributed by atoms with Gasteiger partial charge in [0.1, 0.15) is 11.4 Å². The van der Waals surface area contributed by atoms with E-state index in [9.17, 15) is 9.59 Å². The van der Waals surface area contributed by atoms with E-state index in [0.717, 1.165) is 18.6 Å². The summed E-state index contributed by atoms with van der Waals surface area (Å²) in [4.78, 5) is 25.6. The lowest BCUT2D eigenvalue weighted by Gasteiger charge is -2.32. The van der Waals surface area contributed by atoms with Gasteiger partial charge >= 0.3 is 6.09 Å². The first-order chi connectivity index (χ1) is 9.37. The number of carbonyl (C=O) groups is 2. The number of piperidine rings is 1. The molecule has 2 heterocycles. The van der Waals surface area contributed by atoms with Crippen LogP contribution >= 0.6 is 0 Å². The van der Waals surface area contributed by atoms with Gasteiger partial charge in [-0.1, -0.05) is 0 Å². The molecule has 1 aliphatic rings. The summed E-state index contributed by atoms with van der Waals surface area (Å²) in [5.41, 5.74) is -0.592. The fourth-order valence-electron chi connectivity index (χ4n) is 2.31. The highest BCUT2D eigenvalue weighted by molar-refractivity contribution is 5.94. The molecule has 5 nitrogen and oxygen atoms in total. The predicted octanol–water partition coefficient (Wildman–Crippen LogP) is 3.00. The topological polar surface area (TPSA) is 59.8 Å². The van der Waals surface area contributed by atoms with Crippen molar-refractivity contribution in [1.29, 1.82) is 0 Å². The smallest absolute Gasteiger partial charge is 0.417 e. The molecule has 1 aromatic rings. The Morgan fingerprint density at radius 1 is 1.50 bits per heavy atom. The van der Waals surface area contributed by atoms with E-state index in [1.807, 2.05) is 6.07 Å². The molecule has 0 bridgehead atoms. The number of ether oxygens (including phenoxy) is 1. The molecule has 0 radical (unpaired) electrons. The van der Waals surface area contributed by atoms with Gasteiger partial charge in [0.15, 0.2) is 0 Å². The van der Waals surface area contributed by atoms with Crippen LogP contribution in [-0.2, 0) is 16.0 Å². The van der Waals surface area contributed by atoms with Crippen LogP contribution in [-0.4, -0.2) is 29.0 Å². The molecule has 2 amide bonds. The molecule has 0 N–H and O–H groups in total. The van der Waals surface area contributed by atoms with Crippen LogP contribution in [0.4, 0.5) is 4.79 Å². The number of carbonyl (C=O) groups excluding carboxylic acids is 2. The molecule has 5 heteroatoms. The van der Waals surface area contributed by atoms with Crippen molar-refractivity contribution in [2.75, 3.05) is 6.54 Å². The predicted molar refractivity (Wildman–Crippen MR) is 73.1 cm³/mol. The van der Waals surface area contributed by atoms with Gasteiger partial charge in [-0.3, -0.25) is 4.79 Å². The molecule has 1 fully saturated rings. The summed E-state index contributed by atoms with van der Waals surface area (Å²) in [6, 6.07) is 3.65. The number of nitrogens with zero attached hydrogens (tertiary/aromatic N) is 1. The van der Waals surface area contributed by atoms with Crippen molar-refractivity contribution in [3.63, 3.8) is 0 Å². The van der Waals surface area contributed by atoms with Gasteiger partial charge in [0.2, 0.25) is 5.91 Å². The van der Waals surface area contributed by atoms with Crippen LogP contribution in [0.5, 0.6) is 0 Å². The summed E-state index contributed by atoms with van der Waals surface area (Å²) in [5, 5.41) is 0. The molecule has 20 heavy (non-hydrogen) atoms. The van der Waals surface area contributed by atoms with E-state index in [-0.39, 0.29) is 11.8 Å². The number of furan rings is 1. The lowest BCUT2D eigenvalue weighted by atomic mass is 9.93. The second-order valence-corrected chi connectivity index (χ2v) is 6.09. The van der Waals surface area contributed by atoms with Crippen LogP contribution in [0.1, 0.15) is 39.4 Å². The van der Waals surface area contributed by atoms with Crippen molar-refractivity contribution in [3.8, 4) is 0 Å². The number of likely N-dealkylation sites (tertiary alicyclic amines) is 1. The van der Waals surface area contributed by atoms with Crippen molar-refractivity contribution in [2.45, 2.75) is 45.6 Å². The maximum atomic E-state index is 12.4. The normalized spacial score (nSPS) is 20.1. The lowest BCUT2D eigenvalue weighted by molar-refractivity contribution is -0.137. The van der Waals surface area contributed by atoms with Gasteiger partial charge in [-0.25, -0.2) is 9.69 Å². The zero-order chi connectivity index (χ0) is 14.8. The molecule has 1 aliphatic heterocycles. The summed E-state index contributed by atoms with van der Waals surface area (Å²) >= 11 is 0. The van der Waals surface area contributed by atoms with E-state index in [4.69, 9.17) is 9.15 Å². The van der Waals surface area contributed by atoms with Crippen molar-refractivity contribution >= 4 is 12.0 Å². The summed E-state index contributed by atoms with van der Waals surface area (Å²) in [7, 11) is 0. The zero-order valence-corrected chi connectivity index (χ0v) is 12.2. The minimum atomic E-state index is -0.592. The fourth-order valence-corrected chi connectivity index (χ4v) is 2.31. The number of rotatable bonds is 2. The standard InChI is InChI=1S/C15H21NO4/c1-15(2,3)20-14(18)16-8-4-6-11(13(16)17)10-12-7-5-9-19-12/h5,7,9,11H,4,6,8,10H2,1-3H3. The quantitative estimate of drug-likeness (QED) is 0.835. The Bertz CT molecular complexity index is 473. The molecular formula is C15H21NO4. The van der Waals surface area contributed by atoms with Gasteiger partial charge in [0.25, 0.3) is 0 Å². The van der Waals surface area contributed by atoms with Gasteiger partial charge < -0.3 is 9.15 Å². The molecular weight excluding hydrogens is 258 g/mol. The number of imide groups is 1. The van der Waals surface area contributed by atoms with Gasteiger partial charge in [0, 0.05) is 18.9 Å². The zero-order valence-electron chi connectivity index (χ0n) is 12.2. The van der Waals surface area contributed by atoms with E-state index in [2.05, 4.69) is 0 Å². The van der Waals surface area contributed by atoms with Crippen molar-refractivity contribution in [1.82, 2.24) is 4.90 Å². The minimum absolute atomic E-state index is 0.165. The largest absolute Gasteiger partial charge is 0.469 e. The minimum Gasteiger partial charge on any atom is -0.469 e. The van der Waals surface area contributed by atoms with E-state index >= 15 is 0 Å². The first-order valence-electron chi connectivity index (χ1n) is 6.93. The molecule has 0 aliphatic carbocycles. The van der Waals surface area contributed by atoms with Crippen molar-refractivity contribution in [3.05, 3.63) is 24.2 Å². The Morgan fingerprint density at radius 3 is 2.85 bits per heavy atom. The van der Waals surface area contributed by atoms with Crippen LogP contribution < -0.4 is 0 Å². The van der Waals surface area contributed by atoms with E-state index in [1.165, 1.54) is 4.90 Å². The van der Waals surface area contributed by atoms with Gasteiger partial charge in [-0.05, 0) is 45.7 Å². The SMILES string of the molecule is CC(C)(C)OC(=O)N1CCCC(Cc2ccco2)C1=O. The summed E-state index contributed by atoms with van der Waals surface area (Å²) in [6.07, 6.45) is 3.15. The van der Waals surface area contributed by atoms with Gasteiger partial charge in [-0.15, -0.1) is 0 Å². The van der Waals surface area contributed by atoms with Crippen LogP contribution in [0.15, 0.2) is 22.8 Å². The summed E-state index contributed by atoms with van der Waals surface area (Å²) in [6.45, 7) is 5.81. The molecule has 1 aromatic heterocycles. The Kier molecular flexibility index (Phi) is 4.16. The molecule has 1 unspecified atom stereocenters. The summed E-state index contributed by atoms with van der Waals surface area (Å²) in [5.74, 6) is 0.402. The van der Waals surface area contributed by atoms with E-state index in [1.54, 1.807) is 33.1 Å². The molecule has 0 saturated carbocycles. The first-order valence-corrected chi connectivity index (χ1v) is 6.93. The third-order valence-corrected chi connectivity index (χ3v) is 3.19. The molecule has 2 rings (SSSR count). The summed E-state index contributed by atoms with van der Waals surface area (Å²) < 4.78 is 10.5. The van der Waals surface area contributed by atoms with Crippen LogP contribution in [0.3, 0.4) is 0 Å². The lowest BCUT2D eigenvalue weighted by Crippen LogP contribution is -2.47. The highest BCUT2D eigenvalue weighted by Gasteiger charge is 2.35. The van der Waals surface area contributed by atoms with Crippen LogP contribution in [0, 0.1) is 5.92 Å². The van der Waals surface area contributed by atoms with Crippen molar-refractivity contribution in [2.24, 2.45) is 5.92 Å². The second kappa shape index (κ2) is 5.69. The number of hydrogen-bond acceptors (Lipinski definition) is 4. The van der Waals surface area contributed by atoms with Crippen LogP contribution in [0.25, 0.3) is 0 Å². The molecule has 1 atom stereocenters. The van der Waals surface area contributed by atoms with Gasteiger partial charge in [0.05, 0.1) is 6.26 Å². The monoisotopic (exact) mass is 279 g/mol.